The molecular weight excluding hydrogens is 342 g/mol. The van der Waals surface area contributed by atoms with E-state index in [-0.39, 0.29) is 18.4 Å². The predicted octanol–water partition coefficient (Wildman–Crippen LogP) is 3.05. The Balaban J connectivity index is 1.76. The van der Waals surface area contributed by atoms with Crippen LogP contribution in [-0.4, -0.2) is 40.6 Å². The van der Waals surface area contributed by atoms with E-state index in [1.54, 1.807) is 0 Å². The zero-order valence-electron chi connectivity index (χ0n) is 15.1. The van der Waals surface area contributed by atoms with Crippen LogP contribution in [0.2, 0.25) is 0 Å². The molecule has 0 aliphatic carbocycles. The SMILES string of the molecule is CCNC(=O)Nc1nc2c(C)cc(C3=NCC(=O)c4ccccc43)cc2[nH]1. The third-order valence-corrected chi connectivity index (χ3v) is 4.48. The maximum atomic E-state index is 12.1. The van der Waals surface area contributed by atoms with Gasteiger partial charge in [0.05, 0.1) is 16.7 Å². The smallest absolute Gasteiger partial charge is 0.321 e. The molecule has 7 nitrogen and oxygen atoms in total. The number of rotatable bonds is 3. The van der Waals surface area contributed by atoms with E-state index >= 15 is 0 Å². The molecule has 0 atom stereocenters. The molecule has 2 aromatic carbocycles. The Morgan fingerprint density at radius 2 is 2.00 bits per heavy atom. The van der Waals surface area contributed by atoms with Gasteiger partial charge in [-0.1, -0.05) is 24.3 Å². The zero-order chi connectivity index (χ0) is 19.0. The first-order valence-electron chi connectivity index (χ1n) is 8.79. The lowest BCUT2D eigenvalue weighted by atomic mass is 9.92. The number of aliphatic imine (C=N–C) groups is 1. The number of anilines is 1. The lowest BCUT2D eigenvalue weighted by molar-refractivity contribution is 0.1000. The van der Waals surface area contributed by atoms with Crippen molar-refractivity contribution in [2.75, 3.05) is 18.4 Å². The van der Waals surface area contributed by atoms with Crippen LogP contribution in [0.25, 0.3) is 11.0 Å². The Morgan fingerprint density at radius 3 is 2.78 bits per heavy atom. The average molecular weight is 361 g/mol. The van der Waals surface area contributed by atoms with Crippen LogP contribution in [-0.2, 0) is 0 Å². The van der Waals surface area contributed by atoms with E-state index in [2.05, 4.69) is 25.6 Å². The topological polar surface area (TPSA) is 99.2 Å². The van der Waals surface area contributed by atoms with Gasteiger partial charge in [0.1, 0.15) is 6.54 Å². The van der Waals surface area contributed by atoms with Crippen molar-refractivity contribution in [3.05, 3.63) is 58.7 Å². The van der Waals surface area contributed by atoms with Gasteiger partial charge in [0.25, 0.3) is 0 Å². The number of urea groups is 1. The second-order valence-electron chi connectivity index (χ2n) is 6.39. The number of carbonyl (C=O) groups excluding carboxylic acids is 2. The minimum absolute atomic E-state index is 0.0297. The Kier molecular flexibility index (Phi) is 4.19. The molecule has 136 valence electrons. The molecule has 3 aromatic rings. The summed E-state index contributed by atoms with van der Waals surface area (Å²) in [5.41, 5.74) is 5.78. The molecule has 2 amide bonds. The van der Waals surface area contributed by atoms with E-state index in [1.165, 1.54) is 0 Å². The highest BCUT2D eigenvalue weighted by Crippen LogP contribution is 2.25. The largest absolute Gasteiger partial charge is 0.338 e. The summed E-state index contributed by atoms with van der Waals surface area (Å²) >= 11 is 0. The molecule has 0 radical (unpaired) electrons. The summed E-state index contributed by atoms with van der Waals surface area (Å²) in [6.07, 6.45) is 0. The number of carbonyl (C=O) groups is 2. The molecule has 0 bridgehead atoms. The van der Waals surface area contributed by atoms with Crippen LogP contribution in [0.4, 0.5) is 10.7 Å². The summed E-state index contributed by atoms with van der Waals surface area (Å²) in [4.78, 5) is 35.9. The molecule has 27 heavy (non-hydrogen) atoms. The molecule has 0 unspecified atom stereocenters. The standard InChI is InChI=1S/C20H19N5O2/c1-3-21-20(27)25-19-23-15-9-12(8-11(2)17(15)24-19)18-14-7-5-4-6-13(14)16(26)10-22-18/h4-9H,3,10H2,1-2H3,(H3,21,23,24,25,27). The van der Waals surface area contributed by atoms with Gasteiger partial charge in [0.15, 0.2) is 5.78 Å². The Labute approximate surface area is 155 Å². The summed E-state index contributed by atoms with van der Waals surface area (Å²) in [5, 5.41) is 5.36. The highest BCUT2D eigenvalue weighted by molar-refractivity contribution is 6.22. The number of hydrogen-bond acceptors (Lipinski definition) is 4. The van der Waals surface area contributed by atoms with Crippen molar-refractivity contribution in [3.8, 4) is 0 Å². The minimum atomic E-state index is -0.307. The van der Waals surface area contributed by atoms with Gasteiger partial charge in [0, 0.05) is 23.2 Å². The number of amides is 2. The third-order valence-electron chi connectivity index (χ3n) is 4.48. The van der Waals surface area contributed by atoms with Crippen molar-refractivity contribution in [2.45, 2.75) is 13.8 Å². The van der Waals surface area contributed by atoms with E-state index in [9.17, 15) is 9.59 Å². The van der Waals surface area contributed by atoms with Gasteiger partial charge >= 0.3 is 6.03 Å². The fraction of sp³-hybridized carbons (Fsp3) is 0.200. The fourth-order valence-electron chi connectivity index (χ4n) is 3.30. The van der Waals surface area contributed by atoms with Crippen molar-refractivity contribution in [1.29, 1.82) is 0 Å². The maximum Gasteiger partial charge on any atom is 0.321 e. The first kappa shape index (κ1) is 17.0. The first-order chi connectivity index (χ1) is 13.1. The monoisotopic (exact) mass is 361 g/mol. The van der Waals surface area contributed by atoms with E-state index in [0.29, 0.717) is 18.1 Å². The van der Waals surface area contributed by atoms with Crippen molar-refractivity contribution in [1.82, 2.24) is 15.3 Å². The molecule has 1 aliphatic rings. The molecule has 0 fully saturated rings. The van der Waals surface area contributed by atoms with Crippen molar-refractivity contribution in [3.63, 3.8) is 0 Å². The quantitative estimate of drug-likeness (QED) is 0.668. The Hall–Kier alpha value is -3.48. The number of nitrogens with zero attached hydrogens (tertiary/aromatic N) is 2. The summed E-state index contributed by atoms with van der Waals surface area (Å²) in [6.45, 7) is 4.49. The van der Waals surface area contributed by atoms with Crippen LogP contribution in [0.3, 0.4) is 0 Å². The highest BCUT2D eigenvalue weighted by Gasteiger charge is 2.22. The number of ketones is 1. The average Bonchev–Trinajstić information content (AvgIpc) is 3.05. The molecule has 2 heterocycles. The van der Waals surface area contributed by atoms with E-state index < -0.39 is 0 Å². The Bertz CT molecular complexity index is 1100. The maximum absolute atomic E-state index is 12.1. The van der Waals surface area contributed by atoms with Gasteiger partial charge in [-0.3, -0.25) is 15.1 Å². The molecule has 0 saturated heterocycles. The molecule has 0 saturated carbocycles. The summed E-state index contributed by atoms with van der Waals surface area (Å²) in [5.74, 6) is 0.416. The number of aromatic nitrogens is 2. The number of imidazole rings is 1. The van der Waals surface area contributed by atoms with E-state index in [1.807, 2.05) is 50.2 Å². The normalized spacial score (nSPS) is 13.3. The molecular formula is C20H19N5O2. The minimum Gasteiger partial charge on any atom is -0.338 e. The predicted molar refractivity (Wildman–Crippen MR) is 105 cm³/mol. The third kappa shape index (κ3) is 3.08. The molecule has 0 spiro atoms. The lowest BCUT2D eigenvalue weighted by Gasteiger charge is -2.16. The van der Waals surface area contributed by atoms with Crippen LogP contribution in [0, 0.1) is 6.92 Å². The summed E-state index contributed by atoms with van der Waals surface area (Å²) in [7, 11) is 0. The van der Waals surface area contributed by atoms with E-state index in [4.69, 9.17) is 0 Å². The number of aryl methyl sites for hydroxylation is 1. The summed E-state index contributed by atoms with van der Waals surface area (Å²) in [6, 6.07) is 11.2. The fourth-order valence-corrected chi connectivity index (χ4v) is 3.30. The molecule has 7 heteroatoms. The highest BCUT2D eigenvalue weighted by atomic mass is 16.2. The van der Waals surface area contributed by atoms with Gasteiger partial charge < -0.3 is 10.3 Å². The van der Waals surface area contributed by atoms with Crippen LogP contribution in [0.5, 0.6) is 0 Å². The second kappa shape index (κ2) is 6.68. The lowest BCUT2D eigenvalue weighted by Crippen LogP contribution is -2.28. The van der Waals surface area contributed by atoms with Crippen molar-refractivity contribution < 1.29 is 9.59 Å². The zero-order valence-corrected chi connectivity index (χ0v) is 15.1. The molecule has 4 rings (SSSR count). The molecule has 1 aliphatic heterocycles. The van der Waals surface area contributed by atoms with Crippen LogP contribution in [0.15, 0.2) is 41.4 Å². The number of nitrogens with one attached hydrogen (secondary N) is 3. The molecule has 3 N–H and O–H groups in total. The van der Waals surface area contributed by atoms with Gasteiger partial charge in [-0.25, -0.2) is 9.78 Å². The van der Waals surface area contributed by atoms with Gasteiger partial charge in [0.2, 0.25) is 5.95 Å². The first-order valence-corrected chi connectivity index (χ1v) is 8.79. The number of H-pyrrole nitrogens is 1. The number of benzene rings is 2. The van der Waals surface area contributed by atoms with Crippen LogP contribution in [0.1, 0.15) is 34.0 Å². The summed E-state index contributed by atoms with van der Waals surface area (Å²) < 4.78 is 0. The van der Waals surface area contributed by atoms with Gasteiger partial charge in [-0.2, -0.15) is 0 Å². The number of fused-ring (bicyclic) bond motifs is 2. The van der Waals surface area contributed by atoms with Crippen LogP contribution < -0.4 is 10.6 Å². The van der Waals surface area contributed by atoms with Gasteiger partial charge in [-0.05, 0) is 31.5 Å². The van der Waals surface area contributed by atoms with Gasteiger partial charge in [-0.15, -0.1) is 0 Å². The second-order valence-corrected chi connectivity index (χ2v) is 6.39. The van der Waals surface area contributed by atoms with Crippen LogP contribution >= 0.6 is 0 Å². The van der Waals surface area contributed by atoms with Crippen molar-refractivity contribution >= 4 is 34.5 Å². The number of Topliss-reactive ketones (excluding diaryl/α,β-unsaturated/α-hetero) is 1. The number of aromatic amines is 1. The van der Waals surface area contributed by atoms with E-state index in [0.717, 1.165) is 33.4 Å². The molecule has 1 aromatic heterocycles. The number of hydrogen-bond donors (Lipinski definition) is 3. The Morgan fingerprint density at radius 1 is 1.22 bits per heavy atom. The van der Waals surface area contributed by atoms with Crippen molar-refractivity contribution in [2.24, 2.45) is 4.99 Å².